The van der Waals surface area contributed by atoms with Gasteiger partial charge in [-0.05, 0) is 52.5 Å². The Bertz CT molecular complexity index is 931. The van der Waals surface area contributed by atoms with Gasteiger partial charge in [-0.1, -0.05) is 42.0 Å². The number of hydrogen-bond acceptors (Lipinski definition) is 6. The van der Waals surface area contributed by atoms with Crippen LogP contribution < -0.4 is 0 Å². The highest BCUT2D eigenvalue weighted by molar-refractivity contribution is 7.85. The van der Waals surface area contributed by atoms with Crippen molar-refractivity contribution in [3.63, 3.8) is 0 Å². The zero-order chi connectivity index (χ0) is 24.2. The van der Waals surface area contributed by atoms with Crippen LogP contribution in [0.25, 0.3) is 6.08 Å². The summed E-state index contributed by atoms with van der Waals surface area (Å²) < 4.78 is 33.0. The molecule has 2 atom stereocenters. The molecule has 1 heterocycles. The molecule has 33 heavy (non-hydrogen) atoms. The van der Waals surface area contributed by atoms with E-state index in [1.807, 2.05) is 43.9 Å². The van der Waals surface area contributed by atoms with Crippen molar-refractivity contribution in [2.45, 2.75) is 64.6 Å². The largest absolute Gasteiger partial charge is 0.444 e. The molecule has 2 fully saturated rings. The van der Waals surface area contributed by atoms with E-state index in [1.165, 1.54) is 11.1 Å². The van der Waals surface area contributed by atoms with Crippen LogP contribution in [0.5, 0.6) is 0 Å². The molecule has 1 aliphatic carbocycles. The number of ether oxygens (including phenoxy) is 1. The Labute approximate surface area is 198 Å². The molecule has 3 rings (SSSR count). The van der Waals surface area contributed by atoms with Crippen LogP contribution in [0.2, 0.25) is 0 Å². The summed E-state index contributed by atoms with van der Waals surface area (Å²) in [7, 11) is -3.42. The third-order valence-electron chi connectivity index (χ3n) is 6.15. The van der Waals surface area contributed by atoms with Gasteiger partial charge in [-0.15, -0.1) is 0 Å². The SMILES string of the molecule is C/C(=C\c1ccccc1)C1CC1N(C(=O)OC(C)(C)C)C1CCN(CCOS(C)(=O)=O)CC1. The maximum atomic E-state index is 13.2. The average Bonchev–Trinajstić information content (AvgIpc) is 3.48. The first-order valence-electron chi connectivity index (χ1n) is 11.7. The van der Waals surface area contributed by atoms with E-state index in [1.54, 1.807) is 0 Å². The van der Waals surface area contributed by atoms with Gasteiger partial charge in [-0.3, -0.25) is 4.18 Å². The lowest BCUT2D eigenvalue weighted by Gasteiger charge is -2.39. The Hall–Kier alpha value is -1.90. The van der Waals surface area contributed by atoms with Crippen molar-refractivity contribution in [2.24, 2.45) is 5.92 Å². The lowest BCUT2D eigenvalue weighted by molar-refractivity contribution is 0.00433. The summed E-state index contributed by atoms with van der Waals surface area (Å²) in [4.78, 5) is 17.4. The van der Waals surface area contributed by atoms with E-state index in [9.17, 15) is 13.2 Å². The fourth-order valence-electron chi connectivity index (χ4n) is 4.51. The number of carbonyl (C=O) groups excluding carboxylic acids is 1. The molecule has 1 aromatic carbocycles. The molecule has 2 unspecified atom stereocenters. The summed E-state index contributed by atoms with van der Waals surface area (Å²) in [5.74, 6) is 0.346. The lowest BCUT2D eigenvalue weighted by atomic mass is 10.0. The second kappa shape index (κ2) is 10.6. The van der Waals surface area contributed by atoms with Crippen LogP contribution >= 0.6 is 0 Å². The molecule has 1 amide bonds. The van der Waals surface area contributed by atoms with E-state index in [2.05, 4.69) is 30.0 Å². The molecule has 0 bridgehead atoms. The smallest absolute Gasteiger partial charge is 0.410 e. The van der Waals surface area contributed by atoms with Gasteiger partial charge in [0.25, 0.3) is 10.1 Å². The molecule has 1 aromatic rings. The Morgan fingerprint density at radius 3 is 2.39 bits per heavy atom. The first kappa shape index (κ1) is 25.7. The number of hydrogen-bond donors (Lipinski definition) is 0. The predicted octanol–water partition coefficient (Wildman–Crippen LogP) is 4.16. The van der Waals surface area contributed by atoms with Gasteiger partial charge >= 0.3 is 6.09 Å². The molecule has 7 nitrogen and oxygen atoms in total. The summed E-state index contributed by atoms with van der Waals surface area (Å²) >= 11 is 0. The normalized spacial score (nSPS) is 22.8. The number of nitrogens with zero attached hydrogens (tertiary/aromatic N) is 2. The minimum Gasteiger partial charge on any atom is -0.444 e. The molecule has 2 aliphatic rings. The predicted molar refractivity (Wildman–Crippen MR) is 130 cm³/mol. The van der Waals surface area contributed by atoms with Gasteiger partial charge < -0.3 is 14.5 Å². The summed E-state index contributed by atoms with van der Waals surface area (Å²) in [6.45, 7) is 10.2. The van der Waals surface area contributed by atoms with Crippen molar-refractivity contribution in [3.8, 4) is 0 Å². The van der Waals surface area contributed by atoms with Crippen LogP contribution in [0.4, 0.5) is 4.79 Å². The molecule has 0 spiro atoms. The Balaban J connectivity index is 1.64. The van der Waals surface area contributed by atoms with Crippen LogP contribution in [0.15, 0.2) is 35.9 Å². The molecule has 184 valence electrons. The zero-order valence-corrected chi connectivity index (χ0v) is 21.3. The van der Waals surface area contributed by atoms with Crippen LogP contribution in [0.3, 0.4) is 0 Å². The van der Waals surface area contributed by atoms with Crippen LogP contribution in [0, 0.1) is 5.92 Å². The van der Waals surface area contributed by atoms with Gasteiger partial charge in [0.15, 0.2) is 0 Å². The highest BCUT2D eigenvalue weighted by atomic mass is 32.2. The van der Waals surface area contributed by atoms with Crippen molar-refractivity contribution in [3.05, 3.63) is 41.5 Å². The monoisotopic (exact) mass is 478 g/mol. The maximum Gasteiger partial charge on any atom is 0.410 e. The van der Waals surface area contributed by atoms with Crippen molar-refractivity contribution in [1.82, 2.24) is 9.80 Å². The van der Waals surface area contributed by atoms with Gasteiger partial charge in [0.05, 0.1) is 12.9 Å². The topological polar surface area (TPSA) is 76.2 Å². The molecule has 0 radical (unpaired) electrons. The molecular formula is C25H38N2O5S. The van der Waals surface area contributed by atoms with Gasteiger partial charge in [0, 0.05) is 37.6 Å². The van der Waals surface area contributed by atoms with E-state index >= 15 is 0 Å². The van der Waals surface area contributed by atoms with Gasteiger partial charge in [-0.2, -0.15) is 8.42 Å². The van der Waals surface area contributed by atoms with Crippen molar-refractivity contribution < 1.29 is 22.1 Å². The quantitative estimate of drug-likeness (QED) is 0.523. The second-order valence-corrected chi connectivity index (χ2v) is 11.8. The summed E-state index contributed by atoms with van der Waals surface area (Å²) in [5.41, 5.74) is 1.92. The van der Waals surface area contributed by atoms with Crippen molar-refractivity contribution in [2.75, 3.05) is 32.5 Å². The lowest BCUT2D eigenvalue weighted by Crippen LogP contribution is -2.50. The van der Waals surface area contributed by atoms with E-state index in [-0.39, 0.29) is 24.8 Å². The number of benzene rings is 1. The summed E-state index contributed by atoms with van der Waals surface area (Å²) in [5, 5.41) is 0. The first-order valence-corrected chi connectivity index (χ1v) is 13.6. The number of amides is 1. The second-order valence-electron chi connectivity index (χ2n) is 10.2. The Morgan fingerprint density at radius 2 is 1.82 bits per heavy atom. The third-order valence-corrected chi connectivity index (χ3v) is 6.75. The maximum absolute atomic E-state index is 13.2. The number of rotatable bonds is 8. The van der Waals surface area contributed by atoms with Crippen LogP contribution in [0.1, 0.15) is 52.5 Å². The highest BCUT2D eigenvalue weighted by Gasteiger charge is 2.48. The fourth-order valence-corrected chi connectivity index (χ4v) is 4.88. The van der Waals surface area contributed by atoms with Crippen LogP contribution in [-0.4, -0.2) is 74.5 Å². The van der Waals surface area contributed by atoms with Crippen molar-refractivity contribution >= 4 is 22.3 Å². The average molecular weight is 479 g/mol. The van der Waals surface area contributed by atoms with E-state index in [0.717, 1.165) is 38.6 Å². The Kier molecular flexibility index (Phi) is 8.24. The molecule has 0 aromatic heterocycles. The zero-order valence-electron chi connectivity index (χ0n) is 20.5. The standard InChI is InChI=1S/C25H38N2O5S/c1-19(17-20-9-7-6-8-10-20)22-18-23(22)27(24(28)32-25(2,3)4)21-11-13-26(14-12-21)15-16-31-33(5,29)30/h6-10,17,21-23H,11-16,18H2,1-5H3/b19-17+. The van der Waals surface area contributed by atoms with Crippen molar-refractivity contribution in [1.29, 1.82) is 0 Å². The highest BCUT2D eigenvalue weighted by Crippen LogP contribution is 2.44. The van der Waals surface area contributed by atoms with Crippen LogP contribution in [-0.2, 0) is 19.0 Å². The molecule has 1 saturated heterocycles. The summed E-state index contributed by atoms with van der Waals surface area (Å²) in [6, 6.07) is 10.5. The number of piperidine rings is 1. The minimum atomic E-state index is -3.42. The minimum absolute atomic E-state index is 0.117. The molecule has 0 N–H and O–H groups in total. The van der Waals surface area contributed by atoms with E-state index in [4.69, 9.17) is 8.92 Å². The van der Waals surface area contributed by atoms with Gasteiger partial charge in [-0.25, -0.2) is 4.79 Å². The summed E-state index contributed by atoms with van der Waals surface area (Å²) in [6.07, 6.45) is 5.67. The number of likely N-dealkylation sites (tertiary alicyclic amines) is 1. The molecule has 1 saturated carbocycles. The van der Waals surface area contributed by atoms with E-state index < -0.39 is 15.7 Å². The van der Waals surface area contributed by atoms with Gasteiger partial charge in [0.2, 0.25) is 0 Å². The Morgan fingerprint density at radius 1 is 1.18 bits per heavy atom. The van der Waals surface area contributed by atoms with E-state index in [0.29, 0.717) is 12.5 Å². The number of carbonyl (C=O) groups is 1. The third kappa shape index (κ3) is 8.12. The molecule has 1 aliphatic heterocycles. The fraction of sp³-hybridized carbons (Fsp3) is 0.640. The molecule has 8 heteroatoms. The van der Waals surface area contributed by atoms with Gasteiger partial charge in [0.1, 0.15) is 5.60 Å². The molecular weight excluding hydrogens is 440 g/mol. The first-order chi connectivity index (χ1) is 15.4.